The summed E-state index contributed by atoms with van der Waals surface area (Å²) >= 11 is 0. The van der Waals surface area contributed by atoms with E-state index in [-0.39, 0.29) is 0 Å². The topological polar surface area (TPSA) is 34.4 Å². The van der Waals surface area contributed by atoms with Crippen LogP contribution >= 0.6 is 0 Å². The summed E-state index contributed by atoms with van der Waals surface area (Å²) in [7, 11) is 0. The van der Waals surface area contributed by atoms with Crippen LogP contribution in [0.1, 0.15) is 32.4 Å². The standard InChI is InChI=1S/C12H21NO2/c1-11(2)13-7-3-4-8-14-10-12-6-5-9-15-12/h5-6,9,11,13H,3-4,7-8,10H2,1-2H3. The molecule has 0 aliphatic carbocycles. The summed E-state index contributed by atoms with van der Waals surface area (Å²) in [6, 6.07) is 4.39. The Labute approximate surface area is 91.8 Å². The van der Waals surface area contributed by atoms with Gasteiger partial charge in [0, 0.05) is 12.6 Å². The average Bonchev–Trinajstić information content (AvgIpc) is 2.68. The molecule has 0 aliphatic heterocycles. The molecule has 3 nitrogen and oxygen atoms in total. The van der Waals surface area contributed by atoms with Gasteiger partial charge in [-0.05, 0) is 31.5 Å². The highest BCUT2D eigenvalue weighted by Crippen LogP contribution is 2.02. The number of nitrogens with one attached hydrogen (secondary N) is 1. The first-order valence-corrected chi connectivity index (χ1v) is 5.62. The Morgan fingerprint density at radius 3 is 2.93 bits per heavy atom. The van der Waals surface area contributed by atoms with Gasteiger partial charge in [0.25, 0.3) is 0 Å². The second-order valence-corrected chi connectivity index (χ2v) is 3.95. The van der Waals surface area contributed by atoms with Crippen molar-refractivity contribution < 1.29 is 9.15 Å². The molecule has 0 atom stereocenters. The van der Waals surface area contributed by atoms with Crippen molar-refractivity contribution >= 4 is 0 Å². The average molecular weight is 211 g/mol. The van der Waals surface area contributed by atoms with Crippen molar-refractivity contribution in [3.8, 4) is 0 Å². The largest absolute Gasteiger partial charge is 0.467 e. The van der Waals surface area contributed by atoms with Crippen molar-refractivity contribution in [1.82, 2.24) is 5.32 Å². The van der Waals surface area contributed by atoms with Crippen LogP contribution in [0, 0.1) is 0 Å². The van der Waals surface area contributed by atoms with E-state index in [2.05, 4.69) is 19.2 Å². The Kier molecular flexibility index (Phi) is 6.12. The van der Waals surface area contributed by atoms with Crippen LogP contribution in [0.2, 0.25) is 0 Å². The van der Waals surface area contributed by atoms with Crippen LogP contribution in [0.25, 0.3) is 0 Å². The highest BCUT2D eigenvalue weighted by molar-refractivity contribution is 4.95. The van der Waals surface area contributed by atoms with E-state index in [0.29, 0.717) is 12.6 Å². The summed E-state index contributed by atoms with van der Waals surface area (Å²) in [4.78, 5) is 0. The van der Waals surface area contributed by atoms with Crippen LogP contribution in [-0.2, 0) is 11.3 Å². The Balaban J connectivity index is 1.85. The number of ether oxygens (including phenoxy) is 1. The minimum atomic E-state index is 0.578. The van der Waals surface area contributed by atoms with E-state index >= 15 is 0 Å². The summed E-state index contributed by atoms with van der Waals surface area (Å²) < 4.78 is 10.6. The number of unbranched alkanes of at least 4 members (excludes halogenated alkanes) is 1. The molecule has 1 aromatic rings. The number of hydrogen-bond acceptors (Lipinski definition) is 3. The second-order valence-electron chi connectivity index (χ2n) is 3.95. The fourth-order valence-corrected chi connectivity index (χ4v) is 1.29. The van der Waals surface area contributed by atoms with Crippen molar-refractivity contribution in [3.05, 3.63) is 24.2 Å². The number of rotatable bonds is 8. The molecular weight excluding hydrogens is 190 g/mol. The molecule has 0 aliphatic rings. The fourth-order valence-electron chi connectivity index (χ4n) is 1.29. The van der Waals surface area contributed by atoms with Crippen molar-refractivity contribution in [2.24, 2.45) is 0 Å². The van der Waals surface area contributed by atoms with Gasteiger partial charge in [-0.15, -0.1) is 0 Å². The maximum absolute atomic E-state index is 5.46. The third kappa shape index (κ3) is 6.31. The van der Waals surface area contributed by atoms with Gasteiger partial charge in [0.05, 0.1) is 6.26 Å². The smallest absolute Gasteiger partial charge is 0.129 e. The van der Waals surface area contributed by atoms with Crippen LogP contribution in [0.15, 0.2) is 22.8 Å². The third-order valence-corrected chi connectivity index (χ3v) is 2.09. The first-order chi connectivity index (χ1) is 7.29. The van der Waals surface area contributed by atoms with E-state index in [1.807, 2.05) is 12.1 Å². The van der Waals surface area contributed by atoms with Gasteiger partial charge in [0.2, 0.25) is 0 Å². The monoisotopic (exact) mass is 211 g/mol. The summed E-state index contributed by atoms with van der Waals surface area (Å²) in [6.45, 7) is 6.79. The Morgan fingerprint density at radius 2 is 2.27 bits per heavy atom. The van der Waals surface area contributed by atoms with Gasteiger partial charge in [-0.1, -0.05) is 13.8 Å². The Bertz CT molecular complexity index is 232. The quantitative estimate of drug-likeness (QED) is 0.671. The van der Waals surface area contributed by atoms with Crippen LogP contribution in [-0.4, -0.2) is 19.2 Å². The predicted octanol–water partition coefficient (Wildman–Crippen LogP) is 2.57. The van der Waals surface area contributed by atoms with E-state index in [1.54, 1.807) is 6.26 Å². The van der Waals surface area contributed by atoms with E-state index in [0.717, 1.165) is 31.8 Å². The first-order valence-electron chi connectivity index (χ1n) is 5.62. The summed E-state index contributed by atoms with van der Waals surface area (Å²) in [5.41, 5.74) is 0. The fraction of sp³-hybridized carbons (Fsp3) is 0.667. The molecule has 0 radical (unpaired) electrons. The number of furan rings is 1. The molecule has 86 valence electrons. The zero-order valence-corrected chi connectivity index (χ0v) is 9.66. The first kappa shape index (κ1) is 12.3. The van der Waals surface area contributed by atoms with Crippen molar-refractivity contribution in [3.63, 3.8) is 0 Å². The zero-order chi connectivity index (χ0) is 10.9. The molecule has 1 N–H and O–H groups in total. The van der Waals surface area contributed by atoms with Gasteiger partial charge in [-0.25, -0.2) is 0 Å². The molecule has 0 fully saturated rings. The van der Waals surface area contributed by atoms with Gasteiger partial charge in [-0.2, -0.15) is 0 Å². The minimum Gasteiger partial charge on any atom is -0.467 e. The molecule has 1 rings (SSSR count). The lowest BCUT2D eigenvalue weighted by atomic mass is 10.3. The van der Waals surface area contributed by atoms with Crippen molar-refractivity contribution in [1.29, 1.82) is 0 Å². The SMILES string of the molecule is CC(C)NCCCCOCc1ccco1. The van der Waals surface area contributed by atoms with Gasteiger partial charge in [-0.3, -0.25) is 0 Å². The Hall–Kier alpha value is -0.800. The predicted molar refractivity (Wildman–Crippen MR) is 60.7 cm³/mol. The molecule has 3 heteroatoms. The normalized spacial score (nSPS) is 11.1. The molecule has 0 amide bonds. The molecular formula is C12H21NO2. The molecule has 1 aromatic heterocycles. The molecule has 0 saturated heterocycles. The molecule has 15 heavy (non-hydrogen) atoms. The van der Waals surface area contributed by atoms with Crippen molar-refractivity contribution in [2.75, 3.05) is 13.2 Å². The minimum absolute atomic E-state index is 0.578. The second kappa shape index (κ2) is 7.49. The summed E-state index contributed by atoms with van der Waals surface area (Å²) in [6.07, 6.45) is 3.93. The Morgan fingerprint density at radius 1 is 1.40 bits per heavy atom. The molecule has 0 unspecified atom stereocenters. The third-order valence-electron chi connectivity index (χ3n) is 2.09. The molecule has 0 bridgehead atoms. The number of hydrogen-bond donors (Lipinski definition) is 1. The maximum atomic E-state index is 5.46. The molecule has 0 aromatic carbocycles. The van der Waals surface area contributed by atoms with Gasteiger partial charge in [0.15, 0.2) is 0 Å². The van der Waals surface area contributed by atoms with E-state index in [4.69, 9.17) is 9.15 Å². The van der Waals surface area contributed by atoms with Gasteiger partial charge >= 0.3 is 0 Å². The maximum Gasteiger partial charge on any atom is 0.129 e. The molecule has 0 saturated carbocycles. The van der Waals surface area contributed by atoms with E-state index in [1.165, 1.54) is 0 Å². The molecule has 1 heterocycles. The van der Waals surface area contributed by atoms with Crippen LogP contribution in [0.4, 0.5) is 0 Å². The zero-order valence-electron chi connectivity index (χ0n) is 9.66. The lowest BCUT2D eigenvalue weighted by Crippen LogP contribution is -2.23. The lowest BCUT2D eigenvalue weighted by Gasteiger charge is -2.07. The van der Waals surface area contributed by atoms with E-state index < -0.39 is 0 Å². The highest BCUT2D eigenvalue weighted by atomic mass is 16.5. The van der Waals surface area contributed by atoms with Gasteiger partial charge in [0.1, 0.15) is 12.4 Å². The van der Waals surface area contributed by atoms with Crippen molar-refractivity contribution in [2.45, 2.75) is 39.3 Å². The van der Waals surface area contributed by atoms with E-state index in [9.17, 15) is 0 Å². The summed E-state index contributed by atoms with van der Waals surface area (Å²) in [5, 5.41) is 3.38. The van der Waals surface area contributed by atoms with Crippen LogP contribution in [0.3, 0.4) is 0 Å². The highest BCUT2D eigenvalue weighted by Gasteiger charge is 1.95. The van der Waals surface area contributed by atoms with Gasteiger partial charge < -0.3 is 14.5 Å². The molecule has 0 spiro atoms. The van der Waals surface area contributed by atoms with Crippen LogP contribution in [0.5, 0.6) is 0 Å². The van der Waals surface area contributed by atoms with Crippen LogP contribution < -0.4 is 5.32 Å². The summed E-state index contributed by atoms with van der Waals surface area (Å²) in [5.74, 6) is 0.898. The lowest BCUT2D eigenvalue weighted by molar-refractivity contribution is 0.103.